The molecule has 35 heavy (non-hydrogen) atoms. The molecule has 0 aliphatic rings. The van der Waals surface area contributed by atoms with Crippen LogP contribution in [0.5, 0.6) is 0 Å². The minimum Gasteiger partial charge on any atom is -0.266 e. The van der Waals surface area contributed by atoms with Crippen LogP contribution in [0.25, 0.3) is 0 Å². The van der Waals surface area contributed by atoms with Crippen molar-refractivity contribution in [3.63, 3.8) is 0 Å². The van der Waals surface area contributed by atoms with Gasteiger partial charge in [0, 0.05) is 0 Å². The van der Waals surface area contributed by atoms with E-state index in [9.17, 15) is 79.4 Å². The van der Waals surface area contributed by atoms with Gasteiger partial charge >= 0.3 is 54.3 Å². The molecule has 1 aromatic rings. The van der Waals surface area contributed by atoms with Crippen molar-refractivity contribution in [2.24, 2.45) is 0 Å². The van der Waals surface area contributed by atoms with Gasteiger partial charge < -0.3 is 0 Å². The van der Waals surface area contributed by atoms with Crippen LogP contribution in [-0.2, 0) is 14.3 Å². The molecule has 1 amide bonds. The molecular formula is C11H3F17N4O3. The van der Waals surface area contributed by atoms with E-state index < -0.39 is 54.3 Å². The Morgan fingerprint density at radius 1 is 0.629 bits per heavy atom. The Morgan fingerprint density at radius 2 is 1.06 bits per heavy atom. The summed E-state index contributed by atoms with van der Waals surface area (Å²) < 4.78 is 223. The zero-order valence-electron chi connectivity index (χ0n) is 15.1. The van der Waals surface area contributed by atoms with E-state index in [4.69, 9.17) is 0 Å². The van der Waals surface area contributed by atoms with Crippen LogP contribution in [0.3, 0.4) is 0 Å². The molecular weight excluding hydrogens is 559 g/mol. The molecule has 7 nitrogen and oxygen atoms in total. The standard InChI is InChI=1S/C11H3F17N4O3/c12-4(7(16,17)18,3(33)31-32-1-29-30-2-32)34-11(27,28)6(15,9(22,23)24)35-10(25,26)5(13,14)8(19,20)21/h1-2H,(H,31,33)/t4-,6-/m0/s1. The predicted molar refractivity (Wildman–Crippen MR) is 67.2 cm³/mol. The number of nitrogens with one attached hydrogen (secondary N) is 1. The van der Waals surface area contributed by atoms with Crippen molar-refractivity contribution in [1.29, 1.82) is 0 Å². The first kappa shape index (κ1) is 30.4. The van der Waals surface area contributed by atoms with Crippen LogP contribution in [0.1, 0.15) is 0 Å². The average Bonchev–Trinajstić information content (AvgIpc) is 3.10. The number of ether oxygens (including phenoxy) is 2. The molecule has 0 saturated heterocycles. The van der Waals surface area contributed by atoms with Crippen LogP contribution in [0.15, 0.2) is 12.7 Å². The number of nitrogens with zero attached hydrogens (tertiary/aromatic N) is 3. The van der Waals surface area contributed by atoms with Gasteiger partial charge in [0.05, 0.1) is 0 Å². The largest absolute Gasteiger partial charge is 0.462 e. The molecule has 1 rings (SSSR count). The lowest BCUT2D eigenvalue weighted by Crippen LogP contribution is -2.68. The number of carbonyl (C=O) groups excluding carboxylic acids is 1. The summed E-state index contributed by atoms with van der Waals surface area (Å²) in [5, 5.41) is 5.56. The van der Waals surface area contributed by atoms with Crippen molar-refractivity contribution in [1.82, 2.24) is 14.9 Å². The smallest absolute Gasteiger partial charge is 0.266 e. The third-order valence-electron chi connectivity index (χ3n) is 3.30. The molecule has 204 valence electrons. The predicted octanol–water partition coefficient (Wildman–Crippen LogP) is 4.22. The van der Waals surface area contributed by atoms with Crippen LogP contribution in [-0.4, -0.2) is 69.2 Å². The number of hydrogen-bond donors (Lipinski definition) is 1. The van der Waals surface area contributed by atoms with Gasteiger partial charge in [-0.25, -0.2) is 4.68 Å². The van der Waals surface area contributed by atoms with Gasteiger partial charge in [0.1, 0.15) is 12.7 Å². The van der Waals surface area contributed by atoms with Crippen LogP contribution < -0.4 is 5.43 Å². The van der Waals surface area contributed by atoms with E-state index >= 15 is 0 Å². The van der Waals surface area contributed by atoms with Gasteiger partial charge in [-0.3, -0.25) is 19.7 Å². The maximum atomic E-state index is 14.2. The normalized spacial score (nSPS) is 18.1. The molecule has 1 heterocycles. The van der Waals surface area contributed by atoms with E-state index in [-0.39, 0.29) is 17.3 Å². The summed E-state index contributed by atoms with van der Waals surface area (Å²) in [7, 11) is 0. The molecule has 0 saturated carbocycles. The number of rotatable bonds is 8. The zero-order chi connectivity index (χ0) is 28.1. The minimum absolute atomic E-state index is 0.185. The number of alkyl halides is 17. The quantitative estimate of drug-likeness (QED) is 0.481. The van der Waals surface area contributed by atoms with Gasteiger partial charge in [0.25, 0.3) is 0 Å². The number of halogens is 17. The third kappa shape index (κ3) is 5.30. The average molecular weight is 562 g/mol. The lowest BCUT2D eigenvalue weighted by atomic mass is 10.2. The minimum atomic E-state index is -8.07. The van der Waals surface area contributed by atoms with Crippen LogP contribution in [0, 0.1) is 0 Å². The molecule has 0 aliphatic heterocycles. The Hall–Kier alpha value is -2.66. The molecule has 24 heteroatoms. The Morgan fingerprint density at radius 3 is 1.40 bits per heavy atom. The fourth-order valence-electron chi connectivity index (χ4n) is 1.61. The molecule has 0 unspecified atom stereocenters. The summed E-state index contributed by atoms with van der Waals surface area (Å²) in [6, 6.07) is 0. The topological polar surface area (TPSA) is 78.3 Å². The number of amides is 1. The summed E-state index contributed by atoms with van der Waals surface area (Å²) in [5.41, 5.74) is 0.612. The van der Waals surface area contributed by atoms with E-state index in [1.54, 1.807) is 0 Å². The van der Waals surface area contributed by atoms with Crippen molar-refractivity contribution in [3.05, 3.63) is 12.7 Å². The first-order valence-electron chi connectivity index (χ1n) is 7.44. The van der Waals surface area contributed by atoms with Crippen LogP contribution in [0.4, 0.5) is 74.6 Å². The van der Waals surface area contributed by atoms with E-state index in [0.29, 0.717) is 5.43 Å². The Kier molecular flexibility index (Phi) is 7.36. The summed E-state index contributed by atoms with van der Waals surface area (Å²) in [6.07, 6.45) is -38.3. The summed E-state index contributed by atoms with van der Waals surface area (Å²) >= 11 is 0. The summed E-state index contributed by atoms with van der Waals surface area (Å²) in [6.45, 7) is 0. The maximum Gasteiger partial charge on any atom is 0.462 e. The first-order valence-corrected chi connectivity index (χ1v) is 7.44. The Balaban J connectivity index is 3.60. The molecule has 0 fully saturated rings. The van der Waals surface area contributed by atoms with Crippen molar-refractivity contribution < 1.29 is 88.9 Å². The van der Waals surface area contributed by atoms with E-state index in [2.05, 4.69) is 10.2 Å². The van der Waals surface area contributed by atoms with Gasteiger partial charge in [-0.05, 0) is 0 Å². The highest BCUT2D eigenvalue weighted by molar-refractivity contribution is 5.91. The molecule has 0 spiro atoms. The number of carbonyl (C=O) groups is 1. The number of aromatic nitrogens is 3. The van der Waals surface area contributed by atoms with Crippen molar-refractivity contribution >= 4 is 5.91 Å². The fraction of sp³-hybridized carbons (Fsp3) is 0.727. The summed E-state index contributed by atoms with van der Waals surface area (Å²) in [5.74, 6) is -26.4. The number of hydrogen-bond acceptors (Lipinski definition) is 5. The van der Waals surface area contributed by atoms with Gasteiger partial charge in [0.15, 0.2) is 0 Å². The molecule has 1 N–H and O–H groups in total. The van der Waals surface area contributed by atoms with Gasteiger partial charge in [0.2, 0.25) is 0 Å². The maximum absolute atomic E-state index is 14.2. The van der Waals surface area contributed by atoms with E-state index in [0.717, 1.165) is 0 Å². The van der Waals surface area contributed by atoms with E-state index in [1.165, 1.54) is 4.74 Å². The van der Waals surface area contributed by atoms with Crippen molar-refractivity contribution in [2.75, 3.05) is 5.43 Å². The first-order chi connectivity index (χ1) is 15.2. The highest BCUT2D eigenvalue weighted by Crippen LogP contribution is 2.56. The second kappa shape index (κ2) is 8.48. The molecule has 0 bridgehead atoms. The lowest BCUT2D eigenvalue weighted by molar-refractivity contribution is -0.548. The molecule has 0 aliphatic carbocycles. The molecule has 0 radical (unpaired) electrons. The Bertz CT molecular complexity index is 895. The van der Waals surface area contributed by atoms with Crippen molar-refractivity contribution in [3.8, 4) is 0 Å². The van der Waals surface area contributed by atoms with Gasteiger partial charge in [-0.2, -0.15) is 74.6 Å². The SMILES string of the molecule is O=C(Nn1cnnc1)[C@](F)(OC(F)(F)[C@@](F)(OC(F)(F)C(F)(F)C(F)(F)F)C(F)(F)F)C(F)(F)F. The highest BCUT2D eigenvalue weighted by Gasteiger charge is 2.85. The molecule has 1 aromatic heterocycles. The second-order valence-corrected chi connectivity index (χ2v) is 5.81. The van der Waals surface area contributed by atoms with Crippen molar-refractivity contribution in [2.45, 2.75) is 48.4 Å². The third-order valence-corrected chi connectivity index (χ3v) is 3.30. The van der Waals surface area contributed by atoms with Crippen LogP contribution in [0.2, 0.25) is 0 Å². The zero-order valence-corrected chi connectivity index (χ0v) is 15.1. The summed E-state index contributed by atoms with van der Waals surface area (Å²) in [4.78, 5) is 11.4. The van der Waals surface area contributed by atoms with Crippen LogP contribution >= 0.6 is 0 Å². The second-order valence-electron chi connectivity index (χ2n) is 5.81. The highest BCUT2D eigenvalue weighted by atomic mass is 19.4. The molecule has 0 aromatic carbocycles. The fourth-order valence-corrected chi connectivity index (χ4v) is 1.61. The van der Waals surface area contributed by atoms with Gasteiger partial charge in [-0.15, -0.1) is 10.2 Å². The monoisotopic (exact) mass is 562 g/mol. The van der Waals surface area contributed by atoms with E-state index in [1.807, 2.05) is 4.74 Å². The molecule has 2 atom stereocenters. The Labute approximate surface area is 177 Å². The lowest BCUT2D eigenvalue weighted by Gasteiger charge is -2.40. The van der Waals surface area contributed by atoms with Gasteiger partial charge in [-0.1, -0.05) is 0 Å².